The van der Waals surface area contributed by atoms with E-state index in [9.17, 15) is 9.90 Å². The fraction of sp³-hybridized carbons (Fsp3) is 0.824. The van der Waals surface area contributed by atoms with Gasteiger partial charge in [-0.05, 0) is 46.5 Å². The van der Waals surface area contributed by atoms with Crippen LogP contribution in [0.15, 0.2) is 11.6 Å². The summed E-state index contributed by atoms with van der Waals surface area (Å²) in [6, 6.07) is 0.232. The van der Waals surface area contributed by atoms with Crippen LogP contribution in [0.2, 0.25) is 0 Å². The van der Waals surface area contributed by atoms with E-state index >= 15 is 0 Å². The van der Waals surface area contributed by atoms with Crippen molar-refractivity contribution >= 4 is 6.03 Å². The second-order valence-electron chi connectivity index (χ2n) is 7.33. The Kier molecular flexibility index (Phi) is 5.87. The largest absolute Gasteiger partial charge is 0.389 e. The number of hydrogen-bond acceptors (Lipinski definition) is 3. The summed E-state index contributed by atoms with van der Waals surface area (Å²) in [5, 5.41) is 13.0. The molecule has 1 atom stereocenters. The molecule has 126 valence electrons. The zero-order chi connectivity index (χ0) is 16.2. The average molecular weight is 309 g/mol. The molecule has 0 aromatic heterocycles. The van der Waals surface area contributed by atoms with Crippen LogP contribution in [-0.2, 0) is 0 Å². The third-order valence-electron chi connectivity index (χ3n) is 4.44. The second kappa shape index (κ2) is 7.47. The highest BCUT2D eigenvalue weighted by molar-refractivity contribution is 5.74. The van der Waals surface area contributed by atoms with Crippen LogP contribution in [0.4, 0.5) is 4.79 Å². The number of aliphatic hydroxyl groups is 1. The van der Waals surface area contributed by atoms with Gasteiger partial charge in [-0.3, -0.25) is 4.90 Å². The first-order chi connectivity index (χ1) is 10.3. The average Bonchev–Trinajstić information content (AvgIpc) is 2.89. The molecule has 22 heavy (non-hydrogen) atoms. The molecule has 1 fully saturated rings. The molecule has 0 unspecified atom stereocenters. The topological polar surface area (TPSA) is 55.8 Å². The van der Waals surface area contributed by atoms with E-state index < -0.39 is 5.60 Å². The van der Waals surface area contributed by atoms with E-state index in [1.165, 1.54) is 24.8 Å². The summed E-state index contributed by atoms with van der Waals surface area (Å²) in [7, 11) is 0. The van der Waals surface area contributed by atoms with Crippen molar-refractivity contribution in [2.75, 3.05) is 32.7 Å². The lowest BCUT2D eigenvalue weighted by molar-refractivity contribution is 0.0119. The molecule has 2 rings (SSSR count). The summed E-state index contributed by atoms with van der Waals surface area (Å²) < 4.78 is 0. The summed E-state index contributed by atoms with van der Waals surface area (Å²) in [6.45, 7) is 9.50. The van der Waals surface area contributed by atoms with Crippen LogP contribution in [0.5, 0.6) is 0 Å². The van der Waals surface area contributed by atoms with E-state index in [1.54, 1.807) is 0 Å². The predicted octanol–water partition coefficient (Wildman–Crippen LogP) is 1.97. The molecule has 1 aliphatic carbocycles. The SMILES string of the molecule is C[C@H]1CN(CC(C)(C)O)CCN1C(=O)NCCC1=CCCC1. The van der Waals surface area contributed by atoms with E-state index in [2.05, 4.69) is 23.2 Å². The van der Waals surface area contributed by atoms with Gasteiger partial charge in [0.25, 0.3) is 0 Å². The van der Waals surface area contributed by atoms with Gasteiger partial charge in [-0.2, -0.15) is 0 Å². The van der Waals surface area contributed by atoms with Crippen molar-refractivity contribution in [2.24, 2.45) is 0 Å². The Balaban J connectivity index is 1.72. The molecule has 0 aromatic carbocycles. The van der Waals surface area contributed by atoms with E-state index in [0.29, 0.717) is 6.54 Å². The van der Waals surface area contributed by atoms with Crippen molar-refractivity contribution in [3.63, 3.8) is 0 Å². The number of carbonyl (C=O) groups is 1. The molecule has 0 bridgehead atoms. The van der Waals surface area contributed by atoms with Crippen molar-refractivity contribution in [1.82, 2.24) is 15.1 Å². The van der Waals surface area contributed by atoms with Gasteiger partial charge in [-0.1, -0.05) is 11.6 Å². The van der Waals surface area contributed by atoms with Crippen LogP contribution >= 0.6 is 0 Å². The number of rotatable bonds is 5. The quantitative estimate of drug-likeness (QED) is 0.764. The van der Waals surface area contributed by atoms with Crippen molar-refractivity contribution in [3.05, 3.63) is 11.6 Å². The van der Waals surface area contributed by atoms with Gasteiger partial charge in [0.1, 0.15) is 0 Å². The summed E-state index contributed by atoms with van der Waals surface area (Å²) in [5.74, 6) is 0. The Hall–Kier alpha value is -1.07. The highest BCUT2D eigenvalue weighted by Gasteiger charge is 2.29. The maximum Gasteiger partial charge on any atom is 0.317 e. The van der Waals surface area contributed by atoms with Crippen molar-refractivity contribution in [1.29, 1.82) is 0 Å². The molecular weight excluding hydrogens is 278 g/mol. The number of β-amino-alcohol motifs (C(OH)–C–C–N with tert-alkyl or cyclic N) is 1. The molecule has 5 nitrogen and oxygen atoms in total. The highest BCUT2D eigenvalue weighted by Crippen LogP contribution is 2.20. The maximum absolute atomic E-state index is 12.3. The minimum absolute atomic E-state index is 0.0500. The zero-order valence-electron chi connectivity index (χ0n) is 14.3. The minimum atomic E-state index is -0.681. The number of urea groups is 1. The van der Waals surface area contributed by atoms with Crippen molar-refractivity contribution in [3.8, 4) is 0 Å². The molecule has 1 saturated heterocycles. The smallest absolute Gasteiger partial charge is 0.317 e. The third-order valence-corrected chi connectivity index (χ3v) is 4.44. The lowest BCUT2D eigenvalue weighted by Gasteiger charge is -2.41. The number of piperazine rings is 1. The van der Waals surface area contributed by atoms with Crippen LogP contribution in [0, 0.1) is 0 Å². The predicted molar refractivity (Wildman–Crippen MR) is 88.9 cm³/mol. The third kappa shape index (κ3) is 5.29. The van der Waals surface area contributed by atoms with Gasteiger partial charge in [0.05, 0.1) is 5.60 Å². The number of allylic oxidation sites excluding steroid dienone is 1. The zero-order valence-corrected chi connectivity index (χ0v) is 14.3. The van der Waals surface area contributed by atoms with Gasteiger partial charge in [0.15, 0.2) is 0 Å². The Bertz CT molecular complexity index is 415. The van der Waals surface area contributed by atoms with Crippen LogP contribution in [-0.4, -0.2) is 65.3 Å². The fourth-order valence-electron chi connectivity index (χ4n) is 3.42. The Morgan fingerprint density at radius 2 is 2.23 bits per heavy atom. The molecular formula is C17H31N3O2. The molecule has 0 saturated carbocycles. The maximum atomic E-state index is 12.3. The fourth-order valence-corrected chi connectivity index (χ4v) is 3.42. The first-order valence-corrected chi connectivity index (χ1v) is 8.52. The normalized spacial score (nSPS) is 23.5. The first kappa shape index (κ1) is 17.3. The van der Waals surface area contributed by atoms with Gasteiger partial charge < -0.3 is 15.3 Å². The summed E-state index contributed by atoms with van der Waals surface area (Å²) in [6.07, 6.45) is 6.96. The number of nitrogens with one attached hydrogen (secondary N) is 1. The molecule has 0 aromatic rings. The first-order valence-electron chi connectivity index (χ1n) is 8.52. The molecule has 1 heterocycles. The molecule has 2 N–H and O–H groups in total. The number of nitrogens with zero attached hydrogens (tertiary/aromatic N) is 2. The van der Waals surface area contributed by atoms with Crippen LogP contribution in [0.1, 0.15) is 46.5 Å². The summed E-state index contributed by atoms with van der Waals surface area (Å²) in [4.78, 5) is 16.5. The summed E-state index contributed by atoms with van der Waals surface area (Å²) >= 11 is 0. The van der Waals surface area contributed by atoms with Gasteiger partial charge in [0, 0.05) is 38.8 Å². The molecule has 0 radical (unpaired) electrons. The monoisotopic (exact) mass is 309 g/mol. The standard InChI is InChI=1S/C17H31N3O2/c1-14-12-19(13-17(2,3)22)10-11-20(14)16(21)18-9-8-15-6-4-5-7-15/h6,14,22H,4-5,7-13H2,1-3H3,(H,18,21)/t14-/m0/s1. The number of amides is 2. The van der Waals surface area contributed by atoms with Crippen LogP contribution in [0.25, 0.3) is 0 Å². The minimum Gasteiger partial charge on any atom is -0.389 e. The van der Waals surface area contributed by atoms with Crippen molar-refractivity contribution < 1.29 is 9.90 Å². The lowest BCUT2D eigenvalue weighted by atomic mass is 10.1. The van der Waals surface area contributed by atoms with Gasteiger partial charge in [-0.25, -0.2) is 4.79 Å². The Labute approximate surface area is 134 Å². The molecule has 2 aliphatic rings. The summed E-state index contributed by atoms with van der Waals surface area (Å²) in [5.41, 5.74) is 0.808. The molecule has 5 heteroatoms. The molecule has 0 spiro atoms. The van der Waals surface area contributed by atoms with Crippen LogP contribution in [0.3, 0.4) is 0 Å². The lowest BCUT2D eigenvalue weighted by Crippen LogP contribution is -2.58. The molecule has 1 aliphatic heterocycles. The van der Waals surface area contributed by atoms with E-state index in [-0.39, 0.29) is 12.1 Å². The van der Waals surface area contributed by atoms with E-state index in [1.807, 2.05) is 18.7 Å². The highest BCUT2D eigenvalue weighted by atomic mass is 16.3. The van der Waals surface area contributed by atoms with Gasteiger partial charge in [-0.15, -0.1) is 0 Å². The van der Waals surface area contributed by atoms with Crippen LogP contribution < -0.4 is 5.32 Å². The Morgan fingerprint density at radius 3 is 2.82 bits per heavy atom. The Morgan fingerprint density at radius 1 is 1.45 bits per heavy atom. The number of carbonyl (C=O) groups excluding carboxylic acids is 1. The van der Waals surface area contributed by atoms with Gasteiger partial charge in [0.2, 0.25) is 0 Å². The second-order valence-corrected chi connectivity index (χ2v) is 7.33. The number of hydrogen-bond donors (Lipinski definition) is 2. The van der Waals surface area contributed by atoms with E-state index in [0.717, 1.165) is 32.6 Å². The van der Waals surface area contributed by atoms with E-state index in [4.69, 9.17) is 0 Å². The van der Waals surface area contributed by atoms with Crippen molar-refractivity contribution in [2.45, 2.75) is 58.1 Å². The molecule has 2 amide bonds. The van der Waals surface area contributed by atoms with Gasteiger partial charge >= 0.3 is 6.03 Å².